The van der Waals surface area contributed by atoms with Gasteiger partial charge in [0.25, 0.3) is 0 Å². The average molecular weight is 210 g/mol. The van der Waals surface area contributed by atoms with Gasteiger partial charge in [0.05, 0.1) is 6.61 Å². The predicted molar refractivity (Wildman–Crippen MR) is 59.9 cm³/mol. The molecule has 3 heteroatoms. The van der Waals surface area contributed by atoms with Crippen LogP contribution in [0.3, 0.4) is 0 Å². The first-order chi connectivity index (χ1) is 7.42. The number of rotatable bonds is 3. The van der Waals surface area contributed by atoms with Gasteiger partial charge in [-0.15, -0.1) is 0 Å². The molecule has 2 heterocycles. The van der Waals surface area contributed by atoms with E-state index in [0.29, 0.717) is 0 Å². The summed E-state index contributed by atoms with van der Waals surface area (Å²) in [6, 6.07) is 0.793. The molecule has 3 aliphatic rings. The Morgan fingerprint density at radius 3 is 2.93 bits per heavy atom. The first-order valence-electron chi connectivity index (χ1n) is 6.45. The van der Waals surface area contributed by atoms with Gasteiger partial charge in [0.15, 0.2) is 0 Å². The molecule has 2 atom stereocenters. The van der Waals surface area contributed by atoms with Gasteiger partial charge < -0.3 is 15.0 Å². The van der Waals surface area contributed by atoms with Crippen LogP contribution in [0.5, 0.6) is 0 Å². The molecular weight excluding hydrogens is 188 g/mol. The van der Waals surface area contributed by atoms with Crippen LogP contribution in [-0.4, -0.2) is 50.3 Å². The standard InChI is InChI=1S/C12H22N2O/c1-2-11(1)12-8-14(5-4-13-12)7-10-3-6-15-9-10/h10-13H,1-9H2. The van der Waals surface area contributed by atoms with E-state index in [1.54, 1.807) is 0 Å². The molecule has 15 heavy (non-hydrogen) atoms. The molecule has 3 rings (SSSR count). The summed E-state index contributed by atoms with van der Waals surface area (Å²) < 4.78 is 5.44. The molecular formula is C12H22N2O. The minimum Gasteiger partial charge on any atom is -0.381 e. The van der Waals surface area contributed by atoms with Crippen molar-refractivity contribution in [2.45, 2.75) is 25.3 Å². The summed E-state index contributed by atoms with van der Waals surface area (Å²) in [5.41, 5.74) is 0. The van der Waals surface area contributed by atoms with E-state index in [2.05, 4.69) is 10.2 Å². The molecule has 3 fully saturated rings. The Labute approximate surface area is 92.2 Å². The molecule has 2 saturated heterocycles. The zero-order valence-corrected chi connectivity index (χ0v) is 9.45. The van der Waals surface area contributed by atoms with Crippen LogP contribution in [-0.2, 0) is 4.74 Å². The number of nitrogens with one attached hydrogen (secondary N) is 1. The predicted octanol–water partition coefficient (Wildman–Crippen LogP) is 0.707. The molecule has 0 aromatic rings. The maximum atomic E-state index is 5.44. The molecule has 0 aromatic heterocycles. The van der Waals surface area contributed by atoms with E-state index in [0.717, 1.165) is 31.1 Å². The van der Waals surface area contributed by atoms with Gasteiger partial charge in [-0.05, 0) is 31.1 Å². The van der Waals surface area contributed by atoms with Gasteiger partial charge in [0.1, 0.15) is 0 Å². The summed E-state index contributed by atoms with van der Waals surface area (Å²) in [5.74, 6) is 1.80. The third kappa shape index (κ3) is 2.52. The quantitative estimate of drug-likeness (QED) is 0.742. The van der Waals surface area contributed by atoms with Gasteiger partial charge in [-0.2, -0.15) is 0 Å². The van der Waals surface area contributed by atoms with Crippen LogP contribution in [0.4, 0.5) is 0 Å². The van der Waals surface area contributed by atoms with E-state index in [1.807, 2.05) is 0 Å². The SMILES string of the molecule is C1CN(CC2CCOC2)CC(C2CC2)N1. The lowest BCUT2D eigenvalue weighted by Gasteiger charge is -2.35. The molecule has 0 radical (unpaired) electrons. The van der Waals surface area contributed by atoms with E-state index in [-0.39, 0.29) is 0 Å². The van der Waals surface area contributed by atoms with Gasteiger partial charge in [0.2, 0.25) is 0 Å². The van der Waals surface area contributed by atoms with Crippen molar-refractivity contribution in [2.75, 3.05) is 39.4 Å². The fourth-order valence-electron chi connectivity index (χ4n) is 2.91. The van der Waals surface area contributed by atoms with Crippen LogP contribution in [0.15, 0.2) is 0 Å². The Morgan fingerprint density at radius 1 is 1.27 bits per heavy atom. The van der Waals surface area contributed by atoms with Crippen molar-refractivity contribution in [3.63, 3.8) is 0 Å². The van der Waals surface area contributed by atoms with E-state index in [1.165, 1.54) is 45.4 Å². The summed E-state index contributed by atoms with van der Waals surface area (Å²) in [5, 5.41) is 3.66. The number of hydrogen-bond donors (Lipinski definition) is 1. The van der Waals surface area contributed by atoms with Crippen LogP contribution in [0.25, 0.3) is 0 Å². The van der Waals surface area contributed by atoms with E-state index < -0.39 is 0 Å². The largest absolute Gasteiger partial charge is 0.381 e. The highest BCUT2D eigenvalue weighted by Crippen LogP contribution is 2.33. The first kappa shape index (κ1) is 10.1. The van der Waals surface area contributed by atoms with Crippen molar-refractivity contribution in [1.29, 1.82) is 0 Å². The molecule has 1 saturated carbocycles. The Kier molecular flexibility index (Phi) is 2.95. The third-order valence-electron chi connectivity index (χ3n) is 4.02. The third-order valence-corrected chi connectivity index (χ3v) is 4.02. The Morgan fingerprint density at radius 2 is 2.20 bits per heavy atom. The number of ether oxygens (including phenoxy) is 1. The monoisotopic (exact) mass is 210 g/mol. The van der Waals surface area contributed by atoms with Crippen LogP contribution in [0.1, 0.15) is 19.3 Å². The zero-order chi connectivity index (χ0) is 10.1. The highest BCUT2D eigenvalue weighted by atomic mass is 16.5. The van der Waals surface area contributed by atoms with Crippen LogP contribution in [0, 0.1) is 11.8 Å². The second-order valence-electron chi connectivity index (χ2n) is 5.39. The summed E-state index contributed by atoms with van der Waals surface area (Å²) in [4.78, 5) is 2.65. The van der Waals surface area contributed by atoms with Crippen LogP contribution in [0.2, 0.25) is 0 Å². The maximum absolute atomic E-state index is 5.44. The molecule has 1 N–H and O–H groups in total. The Bertz CT molecular complexity index is 210. The summed E-state index contributed by atoms with van der Waals surface area (Å²) in [6.07, 6.45) is 4.19. The molecule has 2 aliphatic heterocycles. The highest BCUT2D eigenvalue weighted by Gasteiger charge is 2.34. The second kappa shape index (κ2) is 4.40. The molecule has 0 bridgehead atoms. The van der Waals surface area contributed by atoms with Gasteiger partial charge >= 0.3 is 0 Å². The van der Waals surface area contributed by atoms with Gasteiger partial charge in [-0.25, -0.2) is 0 Å². The minimum absolute atomic E-state index is 0.793. The topological polar surface area (TPSA) is 24.5 Å². The molecule has 0 amide bonds. The van der Waals surface area contributed by atoms with Gasteiger partial charge in [-0.3, -0.25) is 0 Å². The summed E-state index contributed by atoms with van der Waals surface area (Å²) in [6.45, 7) is 6.96. The molecule has 0 aromatic carbocycles. The fraction of sp³-hybridized carbons (Fsp3) is 1.00. The summed E-state index contributed by atoms with van der Waals surface area (Å²) in [7, 11) is 0. The summed E-state index contributed by atoms with van der Waals surface area (Å²) >= 11 is 0. The highest BCUT2D eigenvalue weighted by molar-refractivity contribution is 4.91. The minimum atomic E-state index is 0.793. The van der Waals surface area contributed by atoms with E-state index in [9.17, 15) is 0 Å². The lowest BCUT2D eigenvalue weighted by Crippen LogP contribution is -2.52. The molecule has 0 spiro atoms. The molecule has 2 unspecified atom stereocenters. The van der Waals surface area contributed by atoms with E-state index in [4.69, 9.17) is 4.74 Å². The van der Waals surface area contributed by atoms with Crippen LogP contribution < -0.4 is 5.32 Å². The van der Waals surface area contributed by atoms with Crippen LogP contribution >= 0.6 is 0 Å². The maximum Gasteiger partial charge on any atom is 0.0507 e. The van der Waals surface area contributed by atoms with Crippen molar-refractivity contribution < 1.29 is 4.74 Å². The normalized spacial score (nSPS) is 38.4. The molecule has 1 aliphatic carbocycles. The number of nitrogens with zero attached hydrogens (tertiary/aromatic N) is 1. The van der Waals surface area contributed by atoms with E-state index >= 15 is 0 Å². The number of piperazine rings is 1. The zero-order valence-electron chi connectivity index (χ0n) is 9.45. The Hall–Kier alpha value is -0.120. The van der Waals surface area contributed by atoms with Crippen molar-refractivity contribution >= 4 is 0 Å². The second-order valence-corrected chi connectivity index (χ2v) is 5.39. The molecule has 86 valence electrons. The first-order valence-corrected chi connectivity index (χ1v) is 6.45. The molecule has 3 nitrogen and oxygen atoms in total. The fourth-order valence-corrected chi connectivity index (χ4v) is 2.91. The smallest absolute Gasteiger partial charge is 0.0507 e. The van der Waals surface area contributed by atoms with Gasteiger partial charge in [0, 0.05) is 38.8 Å². The Balaban J connectivity index is 1.47. The lowest BCUT2D eigenvalue weighted by atomic mass is 10.1. The van der Waals surface area contributed by atoms with Crippen molar-refractivity contribution in [3.8, 4) is 0 Å². The number of hydrogen-bond acceptors (Lipinski definition) is 3. The van der Waals surface area contributed by atoms with Crippen molar-refractivity contribution in [3.05, 3.63) is 0 Å². The van der Waals surface area contributed by atoms with Gasteiger partial charge in [-0.1, -0.05) is 0 Å². The van der Waals surface area contributed by atoms with Crippen molar-refractivity contribution in [1.82, 2.24) is 10.2 Å². The average Bonchev–Trinajstić information content (AvgIpc) is 3.00. The van der Waals surface area contributed by atoms with Crippen molar-refractivity contribution in [2.24, 2.45) is 11.8 Å². The lowest BCUT2D eigenvalue weighted by molar-refractivity contribution is 0.143.